The number of rotatable bonds is 6. The van der Waals surface area contributed by atoms with Crippen molar-refractivity contribution in [2.45, 2.75) is 12.8 Å². The van der Waals surface area contributed by atoms with E-state index in [9.17, 15) is 9.59 Å². The highest BCUT2D eigenvalue weighted by molar-refractivity contribution is 8.26. The number of hydrogen-bond donors (Lipinski definition) is 1. The van der Waals surface area contributed by atoms with Gasteiger partial charge in [-0.1, -0.05) is 65.5 Å². The highest BCUT2D eigenvalue weighted by Gasteiger charge is 2.31. The van der Waals surface area contributed by atoms with Gasteiger partial charge < -0.3 is 9.67 Å². The van der Waals surface area contributed by atoms with Crippen LogP contribution in [-0.4, -0.2) is 37.3 Å². The molecule has 0 saturated carbocycles. The third kappa shape index (κ3) is 5.07. The molecule has 1 aliphatic heterocycles. The SMILES string of the molecule is O=C(O)CCCN1C(=O)C(=Cc2cccn(-c3ccc(Cl)cc3Cl)c2=S)SC1=S. The first kappa shape index (κ1) is 22.0. The fraction of sp³-hybridized carbons (Fsp3) is 0.158. The largest absolute Gasteiger partial charge is 0.481 e. The lowest BCUT2D eigenvalue weighted by atomic mass is 10.2. The highest BCUT2D eigenvalue weighted by Crippen LogP contribution is 2.33. The van der Waals surface area contributed by atoms with Gasteiger partial charge in [-0.15, -0.1) is 0 Å². The molecule has 0 unspecified atom stereocenters. The molecule has 1 aromatic heterocycles. The number of aromatic nitrogens is 1. The number of thioether (sulfide) groups is 1. The molecule has 2 aromatic rings. The molecule has 1 aliphatic rings. The summed E-state index contributed by atoms with van der Waals surface area (Å²) in [4.78, 5) is 25.2. The molecular formula is C19H14Cl2N2O3S3. The number of carboxylic acids is 1. The molecule has 2 heterocycles. The van der Waals surface area contributed by atoms with Crippen LogP contribution in [0, 0.1) is 4.64 Å². The lowest BCUT2D eigenvalue weighted by molar-refractivity contribution is -0.137. The molecule has 1 fully saturated rings. The Morgan fingerprint density at radius 1 is 1.24 bits per heavy atom. The monoisotopic (exact) mass is 484 g/mol. The summed E-state index contributed by atoms with van der Waals surface area (Å²) in [6.45, 7) is 0.268. The molecule has 0 spiro atoms. The topological polar surface area (TPSA) is 62.5 Å². The van der Waals surface area contributed by atoms with Crippen molar-refractivity contribution in [2.75, 3.05) is 6.54 Å². The summed E-state index contributed by atoms with van der Waals surface area (Å²) in [5, 5.41) is 9.74. The van der Waals surface area contributed by atoms with E-state index >= 15 is 0 Å². The minimum atomic E-state index is -0.906. The number of hydrogen-bond acceptors (Lipinski definition) is 5. The van der Waals surface area contributed by atoms with Crippen LogP contribution in [0.25, 0.3) is 11.8 Å². The first-order chi connectivity index (χ1) is 13.8. The molecular weight excluding hydrogens is 471 g/mol. The van der Waals surface area contributed by atoms with Crippen molar-refractivity contribution >= 4 is 81.7 Å². The maximum absolute atomic E-state index is 12.7. The lowest BCUT2D eigenvalue weighted by Gasteiger charge is -2.13. The van der Waals surface area contributed by atoms with Crippen molar-refractivity contribution in [3.05, 3.63) is 61.7 Å². The standard InChI is InChI=1S/C19H14Cl2N2O3S3/c20-12-5-6-14(13(21)10-12)22-7-1-3-11(18(22)27)9-15-17(26)23(19(28)29-15)8-2-4-16(24)25/h1,3,5-7,9-10H,2,4,8H2,(H,24,25). The molecule has 0 bridgehead atoms. The predicted octanol–water partition coefficient (Wildman–Crippen LogP) is 5.58. The van der Waals surface area contributed by atoms with Crippen LogP contribution >= 0.6 is 59.4 Å². The summed E-state index contributed by atoms with van der Waals surface area (Å²) in [6.07, 6.45) is 3.79. The summed E-state index contributed by atoms with van der Waals surface area (Å²) in [5.74, 6) is -1.16. The number of nitrogens with zero attached hydrogens (tertiary/aromatic N) is 2. The smallest absolute Gasteiger partial charge is 0.303 e. The number of halogens is 2. The molecule has 1 N–H and O–H groups in total. The number of amides is 1. The van der Waals surface area contributed by atoms with Crippen molar-refractivity contribution < 1.29 is 14.7 Å². The number of thiocarbonyl (C=S) groups is 1. The van der Waals surface area contributed by atoms with E-state index in [4.69, 9.17) is 52.7 Å². The van der Waals surface area contributed by atoms with E-state index in [0.717, 1.165) is 0 Å². The Kier molecular flexibility index (Phi) is 7.13. The van der Waals surface area contributed by atoms with E-state index in [2.05, 4.69) is 0 Å². The van der Waals surface area contributed by atoms with Gasteiger partial charge in [-0.25, -0.2) is 0 Å². The molecule has 5 nitrogen and oxygen atoms in total. The second kappa shape index (κ2) is 9.40. The van der Waals surface area contributed by atoms with Gasteiger partial charge in [0.05, 0.1) is 15.6 Å². The van der Waals surface area contributed by atoms with Crippen LogP contribution in [0.3, 0.4) is 0 Å². The second-order valence-corrected chi connectivity index (χ2v) is 8.97. The number of carbonyl (C=O) groups excluding carboxylic acids is 1. The van der Waals surface area contributed by atoms with Crippen molar-refractivity contribution in [3.8, 4) is 5.69 Å². The Balaban J connectivity index is 1.89. The minimum absolute atomic E-state index is 0.0209. The number of carbonyl (C=O) groups is 2. The van der Waals surface area contributed by atoms with Gasteiger partial charge in [0.1, 0.15) is 8.96 Å². The van der Waals surface area contributed by atoms with Gasteiger partial charge in [0.25, 0.3) is 5.91 Å². The van der Waals surface area contributed by atoms with Gasteiger partial charge in [0.15, 0.2) is 0 Å². The average Bonchev–Trinajstić information content (AvgIpc) is 2.91. The van der Waals surface area contributed by atoms with E-state index in [1.54, 1.807) is 47.2 Å². The molecule has 1 aromatic carbocycles. The number of benzene rings is 1. The molecule has 0 atom stereocenters. The van der Waals surface area contributed by atoms with Crippen molar-refractivity contribution in [3.63, 3.8) is 0 Å². The summed E-state index contributed by atoms with van der Waals surface area (Å²) in [6, 6.07) is 8.74. The predicted molar refractivity (Wildman–Crippen MR) is 123 cm³/mol. The molecule has 10 heteroatoms. The fourth-order valence-corrected chi connectivity index (χ4v) is 4.79. The molecule has 150 valence electrons. The minimum Gasteiger partial charge on any atom is -0.481 e. The Bertz CT molecular complexity index is 1100. The van der Waals surface area contributed by atoms with E-state index in [1.165, 1.54) is 16.7 Å². The van der Waals surface area contributed by atoms with Crippen molar-refractivity contribution in [2.24, 2.45) is 0 Å². The Morgan fingerprint density at radius 2 is 2.00 bits per heavy atom. The van der Waals surface area contributed by atoms with Crippen LogP contribution in [-0.2, 0) is 9.59 Å². The lowest BCUT2D eigenvalue weighted by Crippen LogP contribution is -2.29. The molecule has 1 amide bonds. The first-order valence-corrected chi connectivity index (χ1v) is 10.8. The zero-order valence-electron chi connectivity index (χ0n) is 14.8. The first-order valence-electron chi connectivity index (χ1n) is 8.42. The van der Waals surface area contributed by atoms with Gasteiger partial charge in [-0.05, 0) is 36.8 Å². The van der Waals surface area contributed by atoms with Crippen LogP contribution in [0.5, 0.6) is 0 Å². The third-order valence-electron chi connectivity index (χ3n) is 4.08. The number of carboxylic acid groups (broad SMARTS) is 1. The van der Waals surface area contributed by atoms with Crippen molar-refractivity contribution in [1.29, 1.82) is 0 Å². The average molecular weight is 485 g/mol. The Labute approximate surface area is 191 Å². The van der Waals surface area contributed by atoms with E-state index < -0.39 is 5.97 Å². The van der Waals surface area contributed by atoms with Gasteiger partial charge in [0, 0.05) is 29.7 Å². The maximum atomic E-state index is 12.7. The van der Waals surface area contributed by atoms with Gasteiger partial charge in [-0.3, -0.25) is 14.5 Å². The summed E-state index contributed by atoms with van der Waals surface area (Å²) >= 11 is 24.3. The zero-order chi connectivity index (χ0) is 21.1. The van der Waals surface area contributed by atoms with Crippen LogP contribution < -0.4 is 0 Å². The third-order valence-corrected chi connectivity index (χ3v) is 6.43. The van der Waals surface area contributed by atoms with E-state index in [1.807, 2.05) is 0 Å². The molecule has 0 radical (unpaired) electrons. The summed E-state index contributed by atoms with van der Waals surface area (Å²) < 4.78 is 2.63. The van der Waals surface area contributed by atoms with Crippen LogP contribution in [0.4, 0.5) is 0 Å². The Morgan fingerprint density at radius 3 is 2.69 bits per heavy atom. The van der Waals surface area contributed by atoms with Crippen molar-refractivity contribution in [1.82, 2.24) is 9.47 Å². The molecule has 29 heavy (non-hydrogen) atoms. The maximum Gasteiger partial charge on any atom is 0.303 e. The van der Waals surface area contributed by atoms with Gasteiger partial charge >= 0.3 is 5.97 Å². The van der Waals surface area contributed by atoms with Crippen LogP contribution in [0.15, 0.2) is 41.4 Å². The quantitative estimate of drug-likeness (QED) is 0.426. The van der Waals surface area contributed by atoms with E-state index in [-0.39, 0.29) is 18.9 Å². The fourth-order valence-electron chi connectivity index (χ4n) is 2.71. The van der Waals surface area contributed by atoms with Crippen LogP contribution in [0.2, 0.25) is 10.0 Å². The highest BCUT2D eigenvalue weighted by atomic mass is 35.5. The number of aliphatic carboxylic acids is 1. The normalized spacial score (nSPS) is 15.4. The molecule has 0 aliphatic carbocycles. The summed E-state index contributed by atoms with van der Waals surface area (Å²) in [5.41, 5.74) is 1.34. The van der Waals surface area contributed by atoms with Gasteiger partial charge in [0.2, 0.25) is 0 Å². The number of pyridine rings is 1. The van der Waals surface area contributed by atoms with Crippen LogP contribution in [0.1, 0.15) is 18.4 Å². The Hall–Kier alpha value is -1.71. The molecule has 3 rings (SSSR count). The molecule has 1 saturated heterocycles. The second-order valence-electron chi connectivity index (χ2n) is 6.07. The summed E-state index contributed by atoms with van der Waals surface area (Å²) in [7, 11) is 0. The van der Waals surface area contributed by atoms with E-state index in [0.29, 0.717) is 41.6 Å². The van der Waals surface area contributed by atoms with Gasteiger partial charge in [-0.2, -0.15) is 0 Å². The zero-order valence-corrected chi connectivity index (χ0v) is 18.8.